The zero-order chi connectivity index (χ0) is 23.7. The van der Waals surface area contributed by atoms with Gasteiger partial charge in [-0.05, 0) is 55.7 Å². The zero-order valence-corrected chi connectivity index (χ0v) is 21.2. The second-order valence-electron chi connectivity index (χ2n) is 7.48. The number of ether oxygens (including phenoxy) is 2. The van der Waals surface area contributed by atoms with Gasteiger partial charge < -0.3 is 19.7 Å². The lowest BCUT2D eigenvalue weighted by Gasteiger charge is -2.31. The Labute approximate surface area is 203 Å². The first kappa shape index (κ1) is 26.0. The van der Waals surface area contributed by atoms with Crippen molar-refractivity contribution in [1.29, 1.82) is 0 Å². The number of amides is 2. The summed E-state index contributed by atoms with van der Waals surface area (Å²) in [6.07, 6.45) is 1.28. The van der Waals surface area contributed by atoms with Crippen molar-refractivity contribution in [3.63, 3.8) is 0 Å². The van der Waals surface area contributed by atoms with Crippen LogP contribution < -0.4 is 14.8 Å². The van der Waals surface area contributed by atoms with Crippen LogP contribution in [0.2, 0.25) is 5.02 Å². The molecule has 8 heteroatoms. The molecule has 2 unspecified atom stereocenters. The van der Waals surface area contributed by atoms with Crippen LogP contribution in [0, 0.1) is 0 Å². The van der Waals surface area contributed by atoms with Crippen molar-refractivity contribution >= 4 is 39.3 Å². The summed E-state index contributed by atoms with van der Waals surface area (Å²) in [6.45, 7) is 5.87. The molecule has 0 aromatic heterocycles. The van der Waals surface area contributed by atoms with Crippen molar-refractivity contribution in [3.05, 3.63) is 57.5 Å². The molecular weight excluding hydrogens is 496 g/mol. The van der Waals surface area contributed by atoms with E-state index in [4.69, 9.17) is 21.1 Å². The molecule has 0 saturated heterocycles. The number of methoxy groups -OCH3 is 1. The third-order valence-electron chi connectivity index (χ3n) is 5.14. The average Bonchev–Trinajstić information content (AvgIpc) is 2.78. The van der Waals surface area contributed by atoms with Crippen LogP contribution in [-0.2, 0) is 16.1 Å². The van der Waals surface area contributed by atoms with Gasteiger partial charge in [0.15, 0.2) is 6.61 Å². The van der Waals surface area contributed by atoms with Crippen molar-refractivity contribution in [2.45, 2.75) is 52.2 Å². The SMILES string of the molecule is CCC(C)NC(=O)C(CC)N(Cc1ccc(OC)cc1)C(=O)COc1ccc(Br)cc1Cl. The minimum Gasteiger partial charge on any atom is -0.497 e. The molecule has 0 fully saturated rings. The Morgan fingerprint density at radius 1 is 1.12 bits per heavy atom. The molecule has 6 nitrogen and oxygen atoms in total. The quantitative estimate of drug-likeness (QED) is 0.437. The van der Waals surface area contributed by atoms with E-state index in [1.165, 1.54) is 0 Å². The molecule has 0 saturated carbocycles. The molecule has 0 aliphatic rings. The lowest BCUT2D eigenvalue weighted by atomic mass is 10.1. The van der Waals surface area contributed by atoms with Crippen LogP contribution in [0.25, 0.3) is 0 Å². The molecule has 1 N–H and O–H groups in total. The summed E-state index contributed by atoms with van der Waals surface area (Å²) in [5, 5.41) is 3.39. The van der Waals surface area contributed by atoms with E-state index in [1.54, 1.807) is 30.2 Å². The van der Waals surface area contributed by atoms with Gasteiger partial charge in [0, 0.05) is 17.1 Å². The highest BCUT2D eigenvalue weighted by molar-refractivity contribution is 9.10. The maximum absolute atomic E-state index is 13.2. The molecule has 2 aromatic rings. The topological polar surface area (TPSA) is 67.9 Å². The van der Waals surface area contributed by atoms with Gasteiger partial charge in [-0.3, -0.25) is 9.59 Å². The standard InChI is InChI=1S/C24H30BrClN2O4/c1-5-16(3)27-24(30)21(6-2)28(14-17-7-10-19(31-4)11-8-17)23(29)15-32-22-12-9-18(25)13-20(22)26/h7-13,16,21H,5-6,14-15H2,1-4H3,(H,27,30). The Morgan fingerprint density at radius 3 is 2.38 bits per heavy atom. The molecule has 32 heavy (non-hydrogen) atoms. The minimum absolute atomic E-state index is 0.0207. The lowest BCUT2D eigenvalue weighted by molar-refractivity contribution is -0.143. The van der Waals surface area contributed by atoms with Crippen LogP contribution in [0.3, 0.4) is 0 Å². The Balaban J connectivity index is 2.23. The van der Waals surface area contributed by atoms with Gasteiger partial charge >= 0.3 is 0 Å². The van der Waals surface area contributed by atoms with Crippen LogP contribution in [0.5, 0.6) is 11.5 Å². The monoisotopic (exact) mass is 524 g/mol. The highest BCUT2D eigenvalue weighted by Crippen LogP contribution is 2.28. The van der Waals surface area contributed by atoms with Crippen LogP contribution in [0.15, 0.2) is 46.9 Å². The molecule has 0 aliphatic carbocycles. The van der Waals surface area contributed by atoms with Crippen LogP contribution >= 0.6 is 27.5 Å². The molecule has 2 aromatic carbocycles. The summed E-state index contributed by atoms with van der Waals surface area (Å²) in [6, 6.07) is 12.0. The maximum atomic E-state index is 13.2. The number of hydrogen-bond donors (Lipinski definition) is 1. The summed E-state index contributed by atoms with van der Waals surface area (Å²) < 4.78 is 11.7. The third kappa shape index (κ3) is 7.41. The van der Waals surface area contributed by atoms with Crippen LogP contribution in [-0.4, -0.2) is 42.5 Å². The molecular formula is C24H30BrClN2O4. The van der Waals surface area contributed by atoms with E-state index in [0.29, 0.717) is 17.2 Å². The number of rotatable bonds is 11. The van der Waals surface area contributed by atoms with Gasteiger partial charge in [0.2, 0.25) is 5.91 Å². The molecule has 0 aliphatic heterocycles. The summed E-state index contributed by atoms with van der Waals surface area (Å²) in [7, 11) is 1.60. The zero-order valence-electron chi connectivity index (χ0n) is 18.9. The highest BCUT2D eigenvalue weighted by Gasteiger charge is 2.29. The first-order valence-electron chi connectivity index (χ1n) is 10.6. The second kappa shape index (κ2) is 12.7. The number of nitrogens with zero attached hydrogens (tertiary/aromatic N) is 1. The molecule has 2 atom stereocenters. The van der Waals surface area contributed by atoms with Gasteiger partial charge in [-0.15, -0.1) is 0 Å². The number of nitrogens with one attached hydrogen (secondary N) is 1. The largest absolute Gasteiger partial charge is 0.497 e. The maximum Gasteiger partial charge on any atom is 0.261 e. The first-order chi connectivity index (χ1) is 15.3. The van der Waals surface area contributed by atoms with E-state index >= 15 is 0 Å². The summed E-state index contributed by atoms with van der Waals surface area (Å²) in [5.41, 5.74) is 0.885. The van der Waals surface area contributed by atoms with Crippen molar-refractivity contribution in [2.24, 2.45) is 0 Å². The van der Waals surface area contributed by atoms with Gasteiger partial charge in [0.05, 0.1) is 12.1 Å². The summed E-state index contributed by atoms with van der Waals surface area (Å²) in [4.78, 5) is 27.7. The van der Waals surface area contributed by atoms with Gasteiger partial charge in [-0.1, -0.05) is 53.5 Å². The molecule has 174 valence electrons. The minimum atomic E-state index is -0.623. The predicted molar refractivity (Wildman–Crippen MR) is 130 cm³/mol. The fraction of sp³-hybridized carbons (Fsp3) is 0.417. The van der Waals surface area contributed by atoms with Gasteiger partial charge in [0.1, 0.15) is 17.5 Å². The van der Waals surface area contributed by atoms with Gasteiger partial charge in [-0.2, -0.15) is 0 Å². The number of carbonyl (C=O) groups excluding carboxylic acids is 2. The number of carbonyl (C=O) groups is 2. The number of hydrogen-bond acceptors (Lipinski definition) is 4. The molecule has 0 radical (unpaired) electrons. The highest BCUT2D eigenvalue weighted by atomic mass is 79.9. The Hall–Kier alpha value is -2.25. The number of benzene rings is 2. The smallest absolute Gasteiger partial charge is 0.261 e. The van der Waals surface area contributed by atoms with Crippen molar-refractivity contribution in [3.8, 4) is 11.5 Å². The first-order valence-corrected chi connectivity index (χ1v) is 11.8. The summed E-state index contributed by atoms with van der Waals surface area (Å²) in [5.74, 6) is 0.655. The van der Waals surface area contributed by atoms with Crippen molar-refractivity contribution in [2.75, 3.05) is 13.7 Å². The van der Waals surface area contributed by atoms with Gasteiger partial charge in [-0.25, -0.2) is 0 Å². The Morgan fingerprint density at radius 2 is 1.81 bits per heavy atom. The molecule has 2 amide bonds. The normalized spacial score (nSPS) is 12.6. The van der Waals surface area contributed by atoms with E-state index in [9.17, 15) is 9.59 Å². The number of halogens is 2. The van der Waals surface area contributed by atoms with Crippen LogP contribution in [0.1, 0.15) is 39.2 Å². The van der Waals surface area contributed by atoms with E-state index in [0.717, 1.165) is 22.2 Å². The third-order valence-corrected chi connectivity index (χ3v) is 5.93. The summed E-state index contributed by atoms with van der Waals surface area (Å²) >= 11 is 9.56. The fourth-order valence-electron chi connectivity index (χ4n) is 3.10. The van der Waals surface area contributed by atoms with E-state index in [-0.39, 0.29) is 31.0 Å². The Kier molecular flexibility index (Phi) is 10.3. The molecule has 0 bridgehead atoms. The van der Waals surface area contributed by atoms with Crippen molar-refractivity contribution < 1.29 is 19.1 Å². The fourth-order valence-corrected chi connectivity index (χ4v) is 3.83. The van der Waals surface area contributed by atoms with E-state index in [2.05, 4.69) is 21.2 Å². The molecule has 0 heterocycles. The molecule has 0 spiro atoms. The van der Waals surface area contributed by atoms with Crippen molar-refractivity contribution in [1.82, 2.24) is 10.2 Å². The second-order valence-corrected chi connectivity index (χ2v) is 8.80. The lowest BCUT2D eigenvalue weighted by Crippen LogP contribution is -2.51. The van der Waals surface area contributed by atoms with Crippen LogP contribution in [0.4, 0.5) is 0 Å². The van der Waals surface area contributed by atoms with Gasteiger partial charge in [0.25, 0.3) is 5.91 Å². The molecule has 2 rings (SSSR count). The predicted octanol–water partition coefficient (Wildman–Crippen LogP) is 5.21. The van der Waals surface area contributed by atoms with E-state index < -0.39 is 6.04 Å². The van der Waals surface area contributed by atoms with E-state index in [1.807, 2.05) is 45.0 Å². The average molecular weight is 526 g/mol. The Bertz CT molecular complexity index is 907.